The summed E-state index contributed by atoms with van der Waals surface area (Å²) in [4.78, 5) is 0. The summed E-state index contributed by atoms with van der Waals surface area (Å²) >= 11 is 5.10. The first-order valence-corrected chi connectivity index (χ1v) is 10.9. The van der Waals surface area contributed by atoms with Crippen molar-refractivity contribution in [2.75, 3.05) is 6.61 Å². The van der Waals surface area contributed by atoms with Crippen LogP contribution >= 0.6 is 27.7 Å². The van der Waals surface area contributed by atoms with Crippen molar-refractivity contribution in [2.24, 2.45) is 5.10 Å². The van der Waals surface area contributed by atoms with Crippen LogP contribution < -0.4 is 4.74 Å². The number of rotatable bonds is 8. The normalized spacial score (nSPS) is 11.5. The first kappa shape index (κ1) is 20.6. The molecule has 28 heavy (non-hydrogen) atoms. The van der Waals surface area contributed by atoms with Crippen molar-refractivity contribution in [1.82, 2.24) is 14.9 Å². The Morgan fingerprint density at radius 2 is 1.82 bits per heavy atom. The van der Waals surface area contributed by atoms with E-state index in [0.29, 0.717) is 6.61 Å². The van der Waals surface area contributed by atoms with Gasteiger partial charge in [0.2, 0.25) is 5.16 Å². The van der Waals surface area contributed by atoms with Gasteiger partial charge >= 0.3 is 0 Å². The fourth-order valence-corrected chi connectivity index (χ4v) is 3.62. The number of halogens is 1. The standard InChI is InChI=1S/C21H23BrN4OS/c1-4-27-19-11-7-16(8-12-19)13-23-26-20(15(2)3)24-25-21(26)28-14-17-5-9-18(22)10-6-17/h5-13,15H,4,14H2,1-3H3/b23-13-. The third kappa shape index (κ3) is 5.45. The second-order valence-corrected chi connectivity index (χ2v) is 8.33. The minimum atomic E-state index is 0.229. The lowest BCUT2D eigenvalue weighted by atomic mass is 10.2. The molecule has 0 saturated heterocycles. The highest BCUT2D eigenvalue weighted by Gasteiger charge is 2.15. The van der Waals surface area contributed by atoms with Gasteiger partial charge in [0.05, 0.1) is 12.8 Å². The lowest BCUT2D eigenvalue weighted by Gasteiger charge is -2.07. The maximum absolute atomic E-state index is 5.49. The zero-order valence-corrected chi connectivity index (χ0v) is 18.6. The number of thioether (sulfide) groups is 1. The number of benzene rings is 2. The monoisotopic (exact) mass is 458 g/mol. The Morgan fingerprint density at radius 3 is 2.46 bits per heavy atom. The fraction of sp³-hybridized carbons (Fsp3) is 0.286. The molecule has 3 aromatic rings. The molecule has 0 saturated carbocycles. The zero-order valence-electron chi connectivity index (χ0n) is 16.2. The molecule has 0 fully saturated rings. The van der Waals surface area contributed by atoms with Gasteiger partial charge in [0, 0.05) is 16.1 Å². The molecular formula is C21H23BrN4OS. The number of hydrogen-bond acceptors (Lipinski definition) is 5. The molecule has 0 spiro atoms. The minimum Gasteiger partial charge on any atom is -0.494 e. The largest absolute Gasteiger partial charge is 0.494 e. The number of nitrogens with zero attached hydrogens (tertiary/aromatic N) is 4. The molecule has 0 aliphatic carbocycles. The van der Waals surface area contributed by atoms with Crippen LogP contribution in [0.4, 0.5) is 0 Å². The highest BCUT2D eigenvalue weighted by atomic mass is 79.9. The first-order valence-electron chi connectivity index (χ1n) is 9.16. The Kier molecular flexibility index (Phi) is 7.28. The highest BCUT2D eigenvalue weighted by Crippen LogP contribution is 2.25. The number of hydrogen-bond donors (Lipinski definition) is 0. The van der Waals surface area contributed by atoms with Crippen LogP contribution in [-0.4, -0.2) is 27.7 Å². The van der Waals surface area contributed by atoms with E-state index in [2.05, 4.69) is 57.2 Å². The highest BCUT2D eigenvalue weighted by molar-refractivity contribution is 9.10. The van der Waals surface area contributed by atoms with E-state index in [1.807, 2.05) is 54.2 Å². The maximum Gasteiger partial charge on any atom is 0.212 e. The molecule has 0 bridgehead atoms. The molecule has 0 atom stereocenters. The average Bonchev–Trinajstić information content (AvgIpc) is 3.10. The summed E-state index contributed by atoms with van der Waals surface area (Å²) in [6.07, 6.45) is 1.83. The molecule has 5 nitrogen and oxygen atoms in total. The van der Waals surface area contributed by atoms with Gasteiger partial charge < -0.3 is 4.74 Å². The molecule has 2 aromatic carbocycles. The van der Waals surface area contributed by atoms with Crippen molar-refractivity contribution < 1.29 is 4.74 Å². The Balaban J connectivity index is 1.78. The van der Waals surface area contributed by atoms with Crippen molar-refractivity contribution in [3.05, 3.63) is 70.0 Å². The molecule has 0 radical (unpaired) electrons. The Hall–Kier alpha value is -2.12. The van der Waals surface area contributed by atoms with E-state index in [1.54, 1.807) is 11.8 Å². The van der Waals surface area contributed by atoms with Crippen molar-refractivity contribution in [3.63, 3.8) is 0 Å². The van der Waals surface area contributed by atoms with E-state index in [9.17, 15) is 0 Å². The zero-order chi connectivity index (χ0) is 19.9. The molecule has 0 N–H and O–H groups in total. The third-order valence-corrected chi connectivity index (χ3v) is 5.47. The molecule has 0 aliphatic rings. The van der Waals surface area contributed by atoms with Crippen LogP contribution in [0.15, 0.2) is 63.3 Å². The first-order chi connectivity index (χ1) is 13.6. The predicted octanol–water partition coefficient (Wildman–Crippen LogP) is 5.74. The van der Waals surface area contributed by atoms with E-state index in [0.717, 1.165) is 32.5 Å². The molecule has 0 amide bonds. The quantitative estimate of drug-likeness (QED) is 0.319. The molecule has 3 rings (SSSR count). The Bertz CT molecular complexity index is 921. The van der Waals surface area contributed by atoms with Gasteiger partial charge in [-0.1, -0.05) is 53.7 Å². The van der Waals surface area contributed by atoms with Crippen molar-refractivity contribution in [3.8, 4) is 5.75 Å². The Morgan fingerprint density at radius 1 is 1.11 bits per heavy atom. The van der Waals surface area contributed by atoms with E-state index < -0.39 is 0 Å². The van der Waals surface area contributed by atoms with Gasteiger partial charge in [0.15, 0.2) is 5.82 Å². The lowest BCUT2D eigenvalue weighted by molar-refractivity contribution is 0.340. The van der Waals surface area contributed by atoms with E-state index >= 15 is 0 Å². The van der Waals surface area contributed by atoms with E-state index in [4.69, 9.17) is 4.74 Å². The average molecular weight is 459 g/mol. The fourth-order valence-electron chi connectivity index (χ4n) is 2.51. The predicted molar refractivity (Wildman–Crippen MR) is 118 cm³/mol. The van der Waals surface area contributed by atoms with Crippen LogP contribution in [0.3, 0.4) is 0 Å². The summed E-state index contributed by atoms with van der Waals surface area (Å²) < 4.78 is 8.40. The van der Waals surface area contributed by atoms with Gasteiger partial charge in [-0.2, -0.15) is 9.78 Å². The molecule has 0 unspecified atom stereocenters. The van der Waals surface area contributed by atoms with Crippen molar-refractivity contribution >= 4 is 33.9 Å². The van der Waals surface area contributed by atoms with Gasteiger partial charge in [-0.15, -0.1) is 10.2 Å². The Labute approximate surface area is 178 Å². The summed E-state index contributed by atoms with van der Waals surface area (Å²) in [6, 6.07) is 16.2. The third-order valence-electron chi connectivity index (χ3n) is 3.95. The SMILES string of the molecule is CCOc1ccc(/C=N\n2c(SCc3ccc(Br)cc3)nnc2C(C)C)cc1. The molecular weight excluding hydrogens is 436 g/mol. The second kappa shape index (κ2) is 9.89. The van der Waals surface area contributed by atoms with Crippen LogP contribution in [-0.2, 0) is 5.75 Å². The molecule has 1 heterocycles. The topological polar surface area (TPSA) is 52.3 Å². The van der Waals surface area contributed by atoms with Crippen LogP contribution in [0.25, 0.3) is 0 Å². The van der Waals surface area contributed by atoms with Gasteiger partial charge in [0.25, 0.3) is 0 Å². The summed E-state index contributed by atoms with van der Waals surface area (Å²) in [6.45, 7) is 6.82. The van der Waals surface area contributed by atoms with E-state index in [1.165, 1.54) is 5.56 Å². The summed E-state index contributed by atoms with van der Waals surface area (Å²) in [5, 5.41) is 14.1. The molecule has 1 aromatic heterocycles. The summed E-state index contributed by atoms with van der Waals surface area (Å²) in [5.74, 6) is 2.74. The van der Waals surface area contributed by atoms with Gasteiger partial charge in [0.1, 0.15) is 5.75 Å². The van der Waals surface area contributed by atoms with Gasteiger partial charge in [-0.3, -0.25) is 0 Å². The molecule has 0 aliphatic heterocycles. The number of aromatic nitrogens is 3. The van der Waals surface area contributed by atoms with Gasteiger partial charge in [-0.05, 0) is 54.4 Å². The minimum absolute atomic E-state index is 0.229. The van der Waals surface area contributed by atoms with Crippen LogP contribution in [0.5, 0.6) is 5.75 Å². The van der Waals surface area contributed by atoms with Crippen LogP contribution in [0, 0.1) is 0 Å². The van der Waals surface area contributed by atoms with Crippen molar-refractivity contribution in [2.45, 2.75) is 37.6 Å². The number of ether oxygens (including phenoxy) is 1. The lowest BCUT2D eigenvalue weighted by Crippen LogP contribution is -2.02. The summed E-state index contributed by atoms with van der Waals surface area (Å²) in [5.41, 5.74) is 2.22. The second-order valence-electron chi connectivity index (χ2n) is 6.47. The van der Waals surface area contributed by atoms with Crippen LogP contribution in [0.1, 0.15) is 43.6 Å². The van der Waals surface area contributed by atoms with E-state index in [-0.39, 0.29) is 5.92 Å². The van der Waals surface area contributed by atoms with Crippen molar-refractivity contribution in [1.29, 1.82) is 0 Å². The smallest absolute Gasteiger partial charge is 0.212 e. The van der Waals surface area contributed by atoms with Gasteiger partial charge in [-0.25, -0.2) is 0 Å². The molecule has 146 valence electrons. The molecule has 7 heteroatoms. The summed E-state index contributed by atoms with van der Waals surface area (Å²) in [7, 11) is 0. The van der Waals surface area contributed by atoms with Crippen LogP contribution in [0.2, 0.25) is 0 Å². The maximum atomic E-state index is 5.49.